The van der Waals surface area contributed by atoms with E-state index < -0.39 is 0 Å². The summed E-state index contributed by atoms with van der Waals surface area (Å²) in [6.07, 6.45) is 0. The molecule has 0 aliphatic carbocycles. The van der Waals surface area contributed by atoms with Crippen LogP contribution in [0.5, 0.6) is 5.75 Å². The number of hydrogen-bond donors (Lipinski definition) is 2. The van der Waals surface area contributed by atoms with E-state index in [0.717, 1.165) is 27.6 Å². The molecular formula is C13H8N4OS. The molecule has 2 aromatic carbocycles. The van der Waals surface area contributed by atoms with E-state index in [2.05, 4.69) is 18.7 Å². The standard InChI is InChI=1S/C13H8N4OS/c18-8-3-1-7(2-4-8)13-14-9-5-6-10-12(11(9)15-13)17-19-16-10/h1-6,16,18H. The van der Waals surface area contributed by atoms with Crippen molar-refractivity contribution in [2.24, 2.45) is 0 Å². The van der Waals surface area contributed by atoms with Crippen LogP contribution in [-0.4, -0.2) is 23.8 Å². The van der Waals surface area contributed by atoms with Crippen LogP contribution in [0.1, 0.15) is 0 Å². The maximum absolute atomic E-state index is 9.30. The normalized spacial score (nSPS) is 11.4. The van der Waals surface area contributed by atoms with Gasteiger partial charge in [0.2, 0.25) is 0 Å². The van der Waals surface area contributed by atoms with Crippen LogP contribution in [0.25, 0.3) is 33.5 Å². The van der Waals surface area contributed by atoms with Gasteiger partial charge in [-0.05, 0) is 36.4 Å². The summed E-state index contributed by atoms with van der Waals surface area (Å²) in [5.41, 5.74) is 4.32. The van der Waals surface area contributed by atoms with Crippen molar-refractivity contribution in [3.63, 3.8) is 0 Å². The van der Waals surface area contributed by atoms with Gasteiger partial charge in [0, 0.05) is 17.3 Å². The molecule has 0 unspecified atom stereocenters. The minimum Gasteiger partial charge on any atom is -0.508 e. The summed E-state index contributed by atoms with van der Waals surface area (Å²) in [6, 6.07) is 10.7. The molecule has 0 bridgehead atoms. The Balaban J connectivity index is 1.98. The van der Waals surface area contributed by atoms with Gasteiger partial charge >= 0.3 is 0 Å². The Hall–Kier alpha value is -2.47. The maximum atomic E-state index is 9.30. The topological polar surface area (TPSA) is 74.7 Å². The molecule has 0 atom stereocenters. The van der Waals surface area contributed by atoms with Gasteiger partial charge in [0.15, 0.2) is 5.82 Å². The lowest BCUT2D eigenvalue weighted by Crippen LogP contribution is -1.78. The number of phenols is 1. The van der Waals surface area contributed by atoms with E-state index in [4.69, 9.17) is 0 Å². The molecule has 0 radical (unpaired) electrons. The van der Waals surface area contributed by atoms with Crippen LogP contribution < -0.4 is 0 Å². The summed E-state index contributed by atoms with van der Waals surface area (Å²) in [4.78, 5) is 9.04. The summed E-state index contributed by atoms with van der Waals surface area (Å²) >= 11 is 1.30. The van der Waals surface area contributed by atoms with E-state index in [1.807, 2.05) is 12.1 Å². The third-order valence-corrected chi connectivity index (χ3v) is 3.58. The first kappa shape index (κ1) is 10.5. The fourth-order valence-electron chi connectivity index (χ4n) is 2.05. The number of benzene rings is 2. The smallest absolute Gasteiger partial charge is 0.160 e. The predicted molar refractivity (Wildman–Crippen MR) is 74.2 cm³/mol. The molecule has 92 valence electrons. The number of rotatable bonds is 1. The third-order valence-electron chi connectivity index (χ3n) is 2.99. The van der Waals surface area contributed by atoms with Gasteiger partial charge in [-0.25, -0.2) is 9.97 Å². The quantitative estimate of drug-likeness (QED) is 0.556. The molecule has 0 aliphatic heterocycles. The minimum absolute atomic E-state index is 0.233. The molecule has 0 saturated heterocycles. The summed E-state index contributed by atoms with van der Waals surface area (Å²) in [5, 5.41) is 9.30. The van der Waals surface area contributed by atoms with E-state index in [-0.39, 0.29) is 5.75 Å². The number of hydrogen-bond acceptors (Lipinski definition) is 5. The van der Waals surface area contributed by atoms with Crippen molar-refractivity contribution in [1.29, 1.82) is 0 Å². The van der Waals surface area contributed by atoms with Crippen LogP contribution in [0.3, 0.4) is 0 Å². The van der Waals surface area contributed by atoms with Crippen molar-refractivity contribution in [3.8, 4) is 17.1 Å². The van der Waals surface area contributed by atoms with Crippen molar-refractivity contribution in [3.05, 3.63) is 36.4 Å². The van der Waals surface area contributed by atoms with Gasteiger partial charge in [-0.2, -0.15) is 4.37 Å². The maximum Gasteiger partial charge on any atom is 0.160 e. The zero-order valence-electron chi connectivity index (χ0n) is 9.66. The van der Waals surface area contributed by atoms with Crippen molar-refractivity contribution < 1.29 is 5.11 Å². The molecule has 2 N–H and O–H groups in total. The first-order chi connectivity index (χ1) is 9.31. The Morgan fingerprint density at radius 2 is 1.79 bits per heavy atom. The number of imidazole rings is 1. The molecular weight excluding hydrogens is 260 g/mol. The molecule has 0 fully saturated rings. The van der Waals surface area contributed by atoms with Gasteiger partial charge in [-0.15, -0.1) is 0 Å². The molecule has 6 heteroatoms. The largest absolute Gasteiger partial charge is 0.508 e. The zero-order valence-corrected chi connectivity index (χ0v) is 10.5. The third kappa shape index (κ3) is 1.57. The van der Waals surface area contributed by atoms with Gasteiger partial charge in [-0.3, -0.25) is 4.37 Å². The Labute approximate surface area is 111 Å². The van der Waals surface area contributed by atoms with Gasteiger partial charge in [0.25, 0.3) is 0 Å². The molecule has 4 rings (SSSR count). The number of fused-ring (bicyclic) bond motifs is 3. The average Bonchev–Trinajstić information content (AvgIpc) is 3.04. The zero-order chi connectivity index (χ0) is 12.8. The highest BCUT2D eigenvalue weighted by atomic mass is 32.1. The first-order valence-corrected chi connectivity index (χ1v) is 6.48. The highest BCUT2D eigenvalue weighted by Gasteiger charge is 2.11. The number of nitrogens with one attached hydrogen (secondary N) is 1. The SMILES string of the molecule is Oc1ccc(-c2nc3ccc4[nH]snc4c3n2)cc1. The second-order valence-electron chi connectivity index (χ2n) is 4.21. The minimum atomic E-state index is 0.233. The summed E-state index contributed by atoms with van der Waals surface area (Å²) < 4.78 is 7.41. The fourth-order valence-corrected chi connectivity index (χ4v) is 2.63. The molecule has 4 aromatic rings. The molecule has 19 heavy (non-hydrogen) atoms. The summed E-state index contributed by atoms with van der Waals surface area (Å²) in [6.45, 7) is 0. The number of aromatic nitrogens is 4. The van der Waals surface area contributed by atoms with Gasteiger partial charge in [-0.1, -0.05) is 0 Å². The molecule has 0 amide bonds. The van der Waals surface area contributed by atoms with Gasteiger partial charge in [0.05, 0.1) is 11.0 Å². The monoisotopic (exact) mass is 268 g/mol. The number of aromatic amines is 1. The van der Waals surface area contributed by atoms with Crippen LogP contribution in [0, 0.1) is 0 Å². The average molecular weight is 268 g/mol. The van der Waals surface area contributed by atoms with Crippen LogP contribution in [-0.2, 0) is 0 Å². The summed E-state index contributed by atoms with van der Waals surface area (Å²) in [7, 11) is 0. The van der Waals surface area contributed by atoms with Gasteiger partial charge in [0.1, 0.15) is 16.8 Å². The molecule has 0 aliphatic rings. The van der Waals surface area contributed by atoms with Crippen molar-refractivity contribution in [2.75, 3.05) is 0 Å². The molecule has 0 saturated carbocycles. The van der Waals surface area contributed by atoms with E-state index in [0.29, 0.717) is 5.82 Å². The lowest BCUT2D eigenvalue weighted by Gasteiger charge is -1.94. The van der Waals surface area contributed by atoms with Crippen LogP contribution in [0.15, 0.2) is 36.4 Å². The fraction of sp³-hybridized carbons (Fsp3) is 0. The highest BCUT2D eigenvalue weighted by Crippen LogP contribution is 2.26. The van der Waals surface area contributed by atoms with Crippen LogP contribution in [0.4, 0.5) is 0 Å². The number of phenolic OH excluding ortho intramolecular Hbond substituents is 1. The highest BCUT2D eigenvalue weighted by molar-refractivity contribution is 7.00. The second-order valence-corrected chi connectivity index (χ2v) is 4.78. The Kier molecular flexibility index (Phi) is 2.07. The molecule has 0 spiro atoms. The molecule has 2 heterocycles. The van der Waals surface area contributed by atoms with Crippen LogP contribution >= 0.6 is 11.7 Å². The lowest BCUT2D eigenvalue weighted by atomic mass is 10.2. The Morgan fingerprint density at radius 3 is 2.63 bits per heavy atom. The Morgan fingerprint density at radius 1 is 0.947 bits per heavy atom. The van der Waals surface area contributed by atoms with Gasteiger partial charge < -0.3 is 5.11 Å². The van der Waals surface area contributed by atoms with Crippen molar-refractivity contribution in [2.45, 2.75) is 0 Å². The number of nitrogens with zero attached hydrogens (tertiary/aromatic N) is 3. The van der Waals surface area contributed by atoms with Crippen molar-refractivity contribution in [1.82, 2.24) is 18.7 Å². The van der Waals surface area contributed by atoms with E-state index in [9.17, 15) is 5.11 Å². The van der Waals surface area contributed by atoms with E-state index in [1.165, 1.54) is 11.7 Å². The van der Waals surface area contributed by atoms with E-state index >= 15 is 0 Å². The number of H-pyrrole nitrogens is 1. The molecule has 2 aromatic heterocycles. The molecule has 5 nitrogen and oxygen atoms in total. The second kappa shape index (κ2) is 3.76. The predicted octanol–water partition coefficient (Wildman–Crippen LogP) is 2.94. The summed E-state index contributed by atoms with van der Waals surface area (Å²) in [5.74, 6) is 0.881. The van der Waals surface area contributed by atoms with Crippen LogP contribution in [0.2, 0.25) is 0 Å². The van der Waals surface area contributed by atoms with Crippen molar-refractivity contribution >= 4 is 33.8 Å². The number of aromatic hydroxyl groups is 1. The first-order valence-electron chi connectivity index (χ1n) is 5.71. The van der Waals surface area contributed by atoms with E-state index in [1.54, 1.807) is 24.3 Å². The Bertz CT molecular complexity index is 879. The lowest BCUT2D eigenvalue weighted by molar-refractivity contribution is 0.475.